The number of hydrogen-bond donors (Lipinski definition) is 1. The number of carbonyl (C=O) groups excluding carboxylic acids is 1. The third-order valence-corrected chi connectivity index (χ3v) is 5.79. The van der Waals surface area contributed by atoms with E-state index in [1.165, 1.54) is 12.8 Å². The molecular weight excluding hydrogens is 366 g/mol. The second-order valence-corrected chi connectivity index (χ2v) is 8.06. The van der Waals surface area contributed by atoms with E-state index in [9.17, 15) is 4.79 Å². The maximum absolute atomic E-state index is 12.8. The highest BCUT2D eigenvalue weighted by atomic mass is 16.2. The summed E-state index contributed by atoms with van der Waals surface area (Å²) >= 11 is 0. The Morgan fingerprint density at radius 3 is 2.62 bits per heavy atom. The number of amides is 1. The molecule has 1 aliphatic carbocycles. The standard InChI is InChI=1S/C21H25N7O/c1-26(2)20-16-11-15(5-6-17(16)22-13-23-20)27-7-9-28(10-8-27)21(29)19-12-18(24-25-19)14-3-4-14/h5-6,11-14H,3-4,7-10H2,1-2H3,(H,24,25). The van der Waals surface area contributed by atoms with Gasteiger partial charge in [-0.15, -0.1) is 0 Å². The molecule has 29 heavy (non-hydrogen) atoms. The summed E-state index contributed by atoms with van der Waals surface area (Å²) in [6.45, 7) is 2.97. The first-order valence-corrected chi connectivity index (χ1v) is 10.1. The van der Waals surface area contributed by atoms with Crippen molar-refractivity contribution in [2.45, 2.75) is 18.8 Å². The van der Waals surface area contributed by atoms with Crippen molar-refractivity contribution in [2.24, 2.45) is 0 Å². The molecule has 0 bridgehead atoms. The van der Waals surface area contributed by atoms with Crippen molar-refractivity contribution in [1.82, 2.24) is 25.1 Å². The molecule has 0 spiro atoms. The van der Waals surface area contributed by atoms with Crippen LogP contribution < -0.4 is 9.80 Å². The molecule has 0 atom stereocenters. The minimum atomic E-state index is 0.0228. The van der Waals surface area contributed by atoms with Crippen molar-refractivity contribution in [3.63, 3.8) is 0 Å². The van der Waals surface area contributed by atoms with E-state index in [2.05, 4.69) is 37.2 Å². The Hall–Kier alpha value is -3.16. The minimum absolute atomic E-state index is 0.0228. The fourth-order valence-electron chi connectivity index (χ4n) is 3.96. The highest BCUT2D eigenvalue weighted by molar-refractivity contribution is 5.93. The van der Waals surface area contributed by atoms with Crippen LogP contribution in [0.2, 0.25) is 0 Å². The minimum Gasteiger partial charge on any atom is -0.368 e. The van der Waals surface area contributed by atoms with Gasteiger partial charge in [0.15, 0.2) is 0 Å². The number of H-pyrrole nitrogens is 1. The van der Waals surface area contributed by atoms with Gasteiger partial charge in [0.05, 0.1) is 5.52 Å². The van der Waals surface area contributed by atoms with E-state index in [0.717, 1.165) is 41.2 Å². The van der Waals surface area contributed by atoms with Crippen molar-refractivity contribution >= 4 is 28.3 Å². The number of hydrogen-bond acceptors (Lipinski definition) is 6. The van der Waals surface area contributed by atoms with Gasteiger partial charge in [0.2, 0.25) is 0 Å². The molecule has 8 nitrogen and oxygen atoms in total. The number of rotatable bonds is 4. The Kier molecular flexibility index (Phi) is 4.34. The van der Waals surface area contributed by atoms with E-state index in [4.69, 9.17) is 0 Å². The molecule has 1 saturated carbocycles. The van der Waals surface area contributed by atoms with Gasteiger partial charge in [0, 0.05) is 63.0 Å². The summed E-state index contributed by atoms with van der Waals surface area (Å²) in [4.78, 5) is 27.8. The second kappa shape index (κ2) is 7.02. The number of anilines is 2. The first-order valence-electron chi connectivity index (χ1n) is 10.1. The molecule has 1 N–H and O–H groups in total. The maximum atomic E-state index is 12.8. The Balaban J connectivity index is 1.29. The van der Waals surface area contributed by atoms with Crippen molar-refractivity contribution in [3.8, 4) is 0 Å². The third kappa shape index (κ3) is 3.39. The number of nitrogens with one attached hydrogen (secondary N) is 1. The average molecular weight is 391 g/mol. The molecule has 8 heteroatoms. The van der Waals surface area contributed by atoms with Crippen molar-refractivity contribution < 1.29 is 4.79 Å². The van der Waals surface area contributed by atoms with Crippen LogP contribution in [0.5, 0.6) is 0 Å². The van der Waals surface area contributed by atoms with Gasteiger partial charge >= 0.3 is 0 Å². The molecule has 5 rings (SSSR count). The number of nitrogens with zero attached hydrogens (tertiary/aromatic N) is 6. The van der Waals surface area contributed by atoms with Gasteiger partial charge in [-0.2, -0.15) is 5.10 Å². The Labute approximate surface area is 169 Å². The zero-order chi connectivity index (χ0) is 20.0. The number of carbonyl (C=O) groups is 1. The molecule has 2 aromatic heterocycles. The predicted octanol–water partition coefficient (Wildman–Crippen LogP) is 2.26. The van der Waals surface area contributed by atoms with Crippen LogP contribution in [0.4, 0.5) is 11.5 Å². The normalized spacial score (nSPS) is 17.0. The fraction of sp³-hybridized carbons (Fsp3) is 0.429. The van der Waals surface area contributed by atoms with Crippen LogP contribution in [0, 0.1) is 0 Å². The van der Waals surface area contributed by atoms with Gasteiger partial charge < -0.3 is 14.7 Å². The van der Waals surface area contributed by atoms with Crippen LogP contribution in [0.1, 0.15) is 34.9 Å². The average Bonchev–Trinajstić information content (AvgIpc) is 3.49. The highest BCUT2D eigenvalue weighted by Gasteiger charge is 2.29. The Morgan fingerprint density at radius 2 is 1.90 bits per heavy atom. The molecule has 2 aliphatic rings. The van der Waals surface area contributed by atoms with Gasteiger partial charge in [-0.3, -0.25) is 9.89 Å². The summed E-state index contributed by atoms with van der Waals surface area (Å²) in [5, 5.41) is 8.31. The van der Waals surface area contributed by atoms with Crippen LogP contribution in [-0.4, -0.2) is 71.2 Å². The van der Waals surface area contributed by atoms with Crippen LogP contribution >= 0.6 is 0 Å². The summed E-state index contributed by atoms with van der Waals surface area (Å²) < 4.78 is 0. The largest absolute Gasteiger partial charge is 0.368 e. The predicted molar refractivity (Wildman–Crippen MR) is 113 cm³/mol. The summed E-state index contributed by atoms with van der Waals surface area (Å²) in [6, 6.07) is 8.22. The Bertz CT molecular complexity index is 1050. The molecule has 150 valence electrons. The molecule has 0 radical (unpaired) electrons. The van der Waals surface area contributed by atoms with E-state index in [-0.39, 0.29) is 5.91 Å². The molecule has 1 aromatic carbocycles. The molecule has 1 amide bonds. The van der Waals surface area contributed by atoms with Crippen LogP contribution in [-0.2, 0) is 0 Å². The van der Waals surface area contributed by atoms with E-state index >= 15 is 0 Å². The summed E-state index contributed by atoms with van der Waals surface area (Å²) in [7, 11) is 3.98. The van der Waals surface area contributed by atoms with Crippen LogP contribution in [0.15, 0.2) is 30.6 Å². The van der Waals surface area contributed by atoms with Crippen molar-refractivity contribution in [2.75, 3.05) is 50.1 Å². The topological polar surface area (TPSA) is 81.3 Å². The van der Waals surface area contributed by atoms with Gasteiger partial charge in [-0.25, -0.2) is 9.97 Å². The molecular formula is C21H25N7O. The van der Waals surface area contributed by atoms with Gasteiger partial charge in [-0.05, 0) is 37.1 Å². The lowest BCUT2D eigenvalue weighted by Gasteiger charge is -2.36. The van der Waals surface area contributed by atoms with Gasteiger partial charge in [-0.1, -0.05) is 0 Å². The zero-order valence-corrected chi connectivity index (χ0v) is 16.8. The number of fused-ring (bicyclic) bond motifs is 1. The first-order chi connectivity index (χ1) is 14.1. The summed E-state index contributed by atoms with van der Waals surface area (Å²) in [6.07, 6.45) is 3.99. The van der Waals surface area contributed by atoms with E-state index in [0.29, 0.717) is 24.7 Å². The zero-order valence-electron chi connectivity index (χ0n) is 16.8. The molecule has 3 heterocycles. The van der Waals surface area contributed by atoms with Gasteiger partial charge in [0.1, 0.15) is 17.8 Å². The number of piperazine rings is 1. The second-order valence-electron chi connectivity index (χ2n) is 8.06. The first kappa shape index (κ1) is 17.9. The maximum Gasteiger partial charge on any atom is 0.274 e. The fourth-order valence-corrected chi connectivity index (χ4v) is 3.96. The SMILES string of the molecule is CN(C)c1ncnc2ccc(N3CCN(C(=O)c4cc(C5CC5)[nH]n4)CC3)cc12. The third-order valence-electron chi connectivity index (χ3n) is 5.79. The Morgan fingerprint density at radius 1 is 1.10 bits per heavy atom. The molecule has 3 aromatic rings. The smallest absolute Gasteiger partial charge is 0.274 e. The lowest BCUT2D eigenvalue weighted by atomic mass is 10.1. The molecule has 2 fully saturated rings. The molecule has 1 aliphatic heterocycles. The van der Waals surface area contributed by atoms with E-state index < -0.39 is 0 Å². The van der Waals surface area contributed by atoms with Gasteiger partial charge in [0.25, 0.3) is 5.91 Å². The molecule has 1 saturated heterocycles. The number of benzene rings is 1. The highest BCUT2D eigenvalue weighted by Crippen LogP contribution is 2.39. The van der Waals surface area contributed by atoms with Crippen LogP contribution in [0.25, 0.3) is 10.9 Å². The van der Waals surface area contributed by atoms with Crippen molar-refractivity contribution in [3.05, 3.63) is 42.0 Å². The lowest BCUT2D eigenvalue weighted by molar-refractivity contribution is 0.0741. The monoisotopic (exact) mass is 391 g/mol. The number of aromatic nitrogens is 4. The quantitative estimate of drug-likeness (QED) is 0.735. The summed E-state index contributed by atoms with van der Waals surface area (Å²) in [5.74, 6) is 1.51. The lowest BCUT2D eigenvalue weighted by Crippen LogP contribution is -2.48. The van der Waals surface area contributed by atoms with Crippen LogP contribution in [0.3, 0.4) is 0 Å². The molecule has 0 unspecified atom stereocenters. The summed E-state index contributed by atoms with van der Waals surface area (Å²) in [5.41, 5.74) is 3.71. The van der Waals surface area contributed by atoms with E-state index in [1.807, 2.05) is 36.0 Å². The number of aromatic amines is 1. The van der Waals surface area contributed by atoms with Crippen molar-refractivity contribution in [1.29, 1.82) is 0 Å². The van der Waals surface area contributed by atoms with E-state index in [1.54, 1.807) is 6.33 Å².